The molecule has 0 aliphatic carbocycles. The van der Waals surface area contributed by atoms with Gasteiger partial charge in [-0.05, 0) is 60.4 Å². The Balaban J connectivity index is 1.91. The quantitative estimate of drug-likeness (QED) is 0.329. The largest absolute Gasteiger partial charge is 0.300 e. The molecule has 0 saturated carbocycles. The fourth-order valence-electron chi connectivity index (χ4n) is 2.85. The van der Waals surface area contributed by atoms with Crippen LogP contribution in [-0.4, -0.2) is 9.97 Å². The van der Waals surface area contributed by atoms with Crippen LogP contribution in [0.4, 0.5) is 10.3 Å². The minimum atomic E-state index is 0.720. The van der Waals surface area contributed by atoms with Gasteiger partial charge in [0.25, 0.3) is 0 Å². The molecule has 0 spiro atoms. The van der Waals surface area contributed by atoms with Crippen LogP contribution in [0.25, 0.3) is 31.6 Å². The smallest absolute Gasteiger partial charge is 0.198 e. The van der Waals surface area contributed by atoms with Crippen LogP contribution < -0.4 is 22.5 Å². The number of hydrazine groups is 2. The van der Waals surface area contributed by atoms with Gasteiger partial charge < -0.3 is 0 Å². The number of fused-ring (bicyclic) bond motifs is 2. The molecule has 0 fully saturated rings. The number of aryl methyl sites for hydroxylation is 2. The summed E-state index contributed by atoms with van der Waals surface area (Å²) in [6.45, 7) is 4.14. The summed E-state index contributed by atoms with van der Waals surface area (Å²) in [5, 5.41) is 1.44. The van der Waals surface area contributed by atoms with Crippen LogP contribution in [-0.2, 0) is 0 Å². The number of aromatic nitrogens is 2. The predicted octanol–water partition coefficient (Wildman–Crippen LogP) is 3.76. The zero-order valence-electron chi connectivity index (χ0n) is 13.2. The summed E-state index contributed by atoms with van der Waals surface area (Å²) in [4.78, 5) is 9.00. The molecule has 0 unspecified atom stereocenters. The molecule has 0 radical (unpaired) electrons. The van der Waals surface area contributed by atoms with Crippen molar-refractivity contribution in [2.75, 3.05) is 10.9 Å². The minimum absolute atomic E-state index is 0.720. The highest BCUT2D eigenvalue weighted by Gasteiger charge is 2.12. The van der Waals surface area contributed by atoms with Gasteiger partial charge in [0.15, 0.2) is 10.3 Å². The average Bonchev–Trinajstić information content (AvgIpc) is 3.18. The van der Waals surface area contributed by atoms with Gasteiger partial charge in [-0.15, -0.1) is 0 Å². The normalized spacial score (nSPS) is 11.3. The number of nitrogens with two attached hydrogens (primary N) is 2. The summed E-state index contributed by atoms with van der Waals surface area (Å²) < 4.78 is 2.23. The lowest BCUT2D eigenvalue weighted by Crippen LogP contribution is -2.05. The van der Waals surface area contributed by atoms with E-state index in [0.29, 0.717) is 0 Å². The van der Waals surface area contributed by atoms with Gasteiger partial charge in [-0.1, -0.05) is 22.7 Å². The van der Waals surface area contributed by atoms with Crippen molar-refractivity contribution in [2.24, 2.45) is 11.7 Å². The monoisotopic (exact) mass is 356 g/mol. The van der Waals surface area contributed by atoms with E-state index in [-0.39, 0.29) is 0 Å². The number of thiazole rings is 2. The Morgan fingerprint density at radius 1 is 0.750 bits per heavy atom. The number of hydrogen-bond acceptors (Lipinski definition) is 8. The summed E-state index contributed by atoms with van der Waals surface area (Å²) in [6, 6.07) is 8.63. The highest BCUT2D eigenvalue weighted by atomic mass is 32.1. The van der Waals surface area contributed by atoms with Gasteiger partial charge in [0.2, 0.25) is 0 Å². The first-order chi connectivity index (χ1) is 11.6. The highest BCUT2D eigenvalue weighted by molar-refractivity contribution is 7.22. The summed E-state index contributed by atoms with van der Waals surface area (Å²) in [5.74, 6) is 11.0. The standard InChI is InChI=1S/C16H16N6S2/c1-7-3-9(5-11-13(7)19-15(21-17)23-11)10-4-8(2)14-12(6-10)24-16(20-14)22-18/h3-6H,17-18H2,1-2H3,(H,19,21)(H,20,22). The molecule has 122 valence electrons. The molecule has 0 atom stereocenters. The van der Waals surface area contributed by atoms with Crippen molar-refractivity contribution in [3.63, 3.8) is 0 Å². The molecule has 0 aliphatic rings. The molecule has 0 saturated heterocycles. The van der Waals surface area contributed by atoms with Gasteiger partial charge in [0.05, 0.1) is 20.4 Å². The van der Waals surface area contributed by atoms with Crippen LogP contribution in [0.3, 0.4) is 0 Å². The van der Waals surface area contributed by atoms with Crippen molar-refractivity contribution >= 4 is 53.4 Å². The van der Waals surface area contributed by atoms with Gasteiger partial charge in [-0.25, -0.2) is 21.7 Å². The Hall–Kier alpha value is -2.26. The second kappa shape index (κ2) is 5.67. The lowest BCUT2D eigenvalue weighted by Gasteiger charge is -2.06. The summed E-state index contributed by atoms with van der Waals surface area (Å²) in [6.07, 6.45) is 0. The van der Waals surface area contributed by atoms with Crippen LogP contribution in [0, 0.1) is 13.8 Å². The van der Waals surface area contributed by atoms with Crippen molar-refractivity contribution < 1.29 is 0 Å². The molecule has 6 N–H and O–H groups in total. The number of nitrogens with zero attached hydrogens (tertiary/aromatic N) is 2. The Kier molecular flexibility index (Phi) is 3.61. The molecule has 6 nitrogen and oxygen atoms in total. The molecule has 2 heterocycles. The first-order valence-corrected chi connectivity index (χ1v) is 8.98. The van der Waals surface area contributed by atoms with Crippen molar-refractivity contribution in [1.82, 2.24) is 9.97 Å². The van der Waals surface area contributed by atoms with E-state index in [2.05, 4.69) is 58.9 Å². The molecule has 4 aromatic rings. The van der Waals surface area contributed by atoms with Crippen LogP contribution in [0.2, 0.25) is 0 Å². The number of anilines is 2. The van der Waals surface area contributed by atoms with Crippen LogP contribution in [0.1, 0.15) is 11.1 Å². The maximum absolute atomic E-state index is 5.49. The van der Waals surface area contributed by atoms with Crippen LogP contribution in [0.15, 0.2) is 24.3 Å². The maximum atomic E-state index is 5.49. The number of nitrogen functional groups attached to an aromatic ring is 2. The zero-order valence-corrected chi connectivity index (χ0v) is 14.8. The Morgan fingerprint density at radius 3 is 1.54 bits per heavy atom. The highest BCUT2D eigenvalue weighted by Crippen LogP contribution is 2.36. The number of hydrogen-bond donors (Lipinski definition) is 4. The molecule has 24 heavy (non-hydrogen) atoms. The Morgan fingerprint density at radius 2 is 1.17 bits per heavy atom. The number of nitrogens with one attached hydrogen (secondary N) is 2. The molecular weight excluding hydrogens is 340 g/mol. The van der Waals surface area contributed by atoms with Gasteiger partial charge in [0.1, 0.15) is 0 Å². The summed E-state index contributed by atoms with van der Waals surface area (Å²) in [5.41, 5.74) is 11.8. The Bertz CT molecular complexity index is 979. The topological polar surface area (TPSA) is 102 Å². The molecule has 4 rings (SSSR count). The van der Waals surface area contributed by atoms with Crippen molar-refractivity contribution in [1.29, 1.82) is 0 Å². The molecule has 0 amide bonds. The van der Waals surface area contributed by atoms with Crippen molar-refractivity contribution in [3.8, 4) is 11.1 Å². The number of rotatable bonds is 3. The molecule has 0 bridgehead atoms. The second-order valence-electron chi connectivity index (χ2n) is 5.61. The molecule has 0 aliphatic heterocycles. The summed E-state index contributed by atoms with van der Waals surface area (Å²) in [7, 11) is 0. The minimum Gasteiger partial charge on any atom is -0.300 e. The molecule has 2 aromatic heterocycles. The first kappa shape index (κ1) is 15.3. The van der Waals surface area contributed by atoms with Gasteiger partial charge >= 0.3 is 0 Å². The SMILES string of the molecule is Cc1cc(-c2cc(C)c3nc(NN)sc3c2)cc2sc(NN)nc12. The third-order valence-corrected chi connectivity index (χ3v) is 5.82. The van der Waals surface area contributed by atoms with E-state index in [1.54, 1.807) is 22.7 Å². The first-order valence-electron chi connectivity index (χ1n) is 7.35. The van der Waals surface area contributed by atoms with E-state index < -0.39 is 0 Å². The van der Waals surface area contributed by atoms with Crippen molar-refractivity contribution in [2.45, 2.75) is 13.8 Å². The van der Waals surface area contributed by atoms with Gasteiger partial charge in [0, 0.05) is 0 Å². The predicted molar refractivity (Wildman–Crippen MR) is 103 cm³/mol. The second-order valence-corrected chi connectivity index (χ2v) is 7.67. The van der Waals surface area contributed by atoms with E-state index in [4.69, 9.17) is 11.7 Å². The van der Waals surface area contributed by atoms with E-state index in [1.807, 2.05) is 0 Å². The average molecular weight is 356 g/mol. The summed E-state index contributed by atoms with van der Waals surface area (Å²) >= 11 is 3.10. The van der Waals surface area contributed by atoms with E-state index in [0.717, 1.165) is 53.0 Å². The van der Waals surface area contributed by atoms with Gasteiger partial charge in [-0.3, -0.25) is 10.9 Å². The fourth-order valence-corrected chi connectivity index (χ4v) is 4.64. The van der Waals surface area contributed by atoms with E-state index in [9.17, 15) is 0 Å². The number of benzene rings is 2. The lowest BCUT2D eigenvalue weighted by atomic mass is 10.0. The molecule has 8 heteroatoms. The Labute approximate surface area is 146 Å². The fraction of sp³-hybridized carbons (Fsp3) is 0.125. The third kappa shape index (κ3) is 2.40. The van der Waals surface area contributed by atoms with E-state index in [1.165, 1.54) is 0 Å². The third-order valence-electron chi connectivity index (χ3n) is 3.95. The van der Waals surface area contributed by atoms with Gasteiger partial charge in [-0.2, -0.15) is 0 Å². The maximum Gasteiger partial charge on any atom is 0.198 e. The molecular formula is C16H16N6S2. The van der Waals surface area contributed by atoms with Crippen LogP contribution in [0.5, 0.6) is 0 Å². The zero-order chi connectivity index (χ0) is 16.8. The van der Waals surface area contributed by atoms with Crippen molar-refractivity contribution in [3.05, 3.63) is 35.4 Å². The molecule has 2 aromatic carbocycles. The van der Waals surface area contributed by atoms with Crippen LogP contribution >= 0.6 is 22.7 Å². The lowest BCUT2D eigenvalue weighted by molar-refractivity contribution is 1.30. The van der Waals surface area contributed by atoms with E-state index >= 15 is 0 Å².